The molecule has 1 amide bonds. The second-order valence-electron chi connectivity index (χ2n) is 5.98. The van der Waals surface area contributed by atoms with Gasteiger partial charge in [0.15, 0.2) is 0 Å². The zero-order valence-electron chi connectivity index (χ0n) is 14.3. The molecular formula is C21H16N4O2. The van der Waals surface area contributed by atoms with Crippen molar-refractivity contribution in [1.29, 1.82) is 0 Å². The molecule has 3 N–H and O–H groups in total. The van der Waals surface area contributed by atoms with Crippen molar-refractivity contribution in [3.63, 3.8) is 0 Å². The van der Waals surface area contributed by atoms with E-state index in [0.717, 1.165) is 27.5 Å². The van der Waals surface area contributed by atoms with Gasteiger partial charge in [-0.15, -0.1) is 0 Å². The Hall–Kier alpha value is -3.93. The minimum absolute atomic E-state index is 0.194. The molecular weight excluding hydrogens is 340 g/mol. The number of amides is 1. The Kier molecular flexibility index (Phi) is 4.37. The Balaban J connectivity index is 1.83. The van der Waals surface area contributed by atoms with Crippen molar-refractivity contribution in [3.05, 3.63) is 84.6 Å². The lowest BCUT2D eigenvalue weighted by atomic mass is 9.95. The van der Waals surface area contributed by atoms with Gasteiger partial charge >= 0.3 is 0 Å². The lowest BCUT2D eigenvalue weighted by Crippen LogP contribution is -2.12. The molecule has 0 radical (unpaired) electrons. The third-order valence-electron chi connectivity index (χ3n) is 4.23. The minimum atomic E-state index is -0.194. The number of nitrogens with one attached hydrogen (secondary N) is 1. The highest BCUT2D eigenvalue weighted by Crippen LogP contribution is 2.31. The summed E-state index contributed by atoms with van der Waals surface area (Å²) in [6.07, 6.45) is 8.11. The summed E-state index contributed by atoms with van der Waals surface area (Å²) in [5.41, 5.74) is 3.91. The summed E-state index contributed by atoms with van der Waals surface area (Å²) in [4.78, 5) is 16.7. The van der Waals surface area contributed by atoms with Crippen LogP contribution in [0.4, 0.5) is 5.69 Å². The molecule has 0 aliphatic rings. The van der Waals surface area contributed by atoms with Crippen LogP contribution >= 0.6 is 0 Å². The molecule has 0 saturated carbocycles. The number of furan rings is 1. The van der Waals surface area contributed by atoms with Gasteiger partial charge in [0, 0.05) is 29.2 Å². The van der Waals surface area contributed by atoms with Crippen LogP contribution in [0.1, 0.15) is 15.9 Å². The molecule has 4 aromatic rings. The van der Waals surface area contributed by atoms with E-state index in [4.69, 9.17) is 10.3 Å². The van der Waals surface area contributed by atoms with Crippen LogP contribution in [-0.2, 0) is 0 Å². The number of benzene rings is 2. The number of hydrogen-bond donors (Lipinski definition) is 2. The van der Waals surface area contributed by atoms with E-state index in [2.05, 4.69) is 15.4 Å². The van der Waals surface area contributed by atoms with Crippen LogP contribution in [0, 0.1) is 0 Å². The molecule has 0 saturated heterocycles. The van der Waals surface area contributed by atoms with Gasteiger partial charge in [0.05, 0.1) is 18.7 Å². The number of carbonyl (C=O) groups excluding carboxylic acids is 1. The SMILES string of the molecule is NN=Cc1ccc2cc(C(=O)Nc3ccncc3)cc(-c3ccoc3)c2c1. The third kappa shape index (κ3) is 3.41. The van der Waals surface area contributed by atoms with Crippen molar-refractivity contribution in [2.45, 2.75) is 0 Å². The first-order valence-corrected chi connectivity index (χ1v) is 8.29. The van der Waals surface area contributed by atoms with Crippen molar-refractivity contribution in [3.8, 4) is 11.1 Å². The van der Waals surface area contributed by atoms with Gasteiger partial charge in [-0.1, -0.05) is 12.1 Å². The van der Waals surface area contributed by atoms with E-state index >= 15 is 0 Å². The molecule has 0 unspecified atom stereocenters. The summed E-state index contributed by atoms with van der Waals surface area (Å²) in [6, 6.07) is 14.9. The Morgan fingerprint density at radius 2 is 1.96 bits per heavy atom. The number of nitrogens with zero attached hydrogens (tertiary/aromatic N) is 2. The molecule has 2 aromatic carbocycles. The molecule has 2 aromatic heterocycles. The number of carbonyl (C=O) groups is 1. The van der Waals surface area contributed by atoms with E-state index in [0.29, 0.717) is 11.3 Å². The molecule has 0 bridgehead atoms. The predicted molar refractivity (Wildman–Crippen MR) is 106 cm³/mol. The fourth-order valence-electron chi connectivity index (χ4n) is 2.97. The fourth-order valence-corrected chi connectivity index (χ4v) is 2.97. The maximum absolute atomic E-state index is 12.8. The summed E-state index contributed by atoms with van der Waals surface area (Å²) in [6.45, 7) is 0. The van der Waals surface area contributed by atoms with E-state index < -0.39 is 0 Å². The molecule has 0 aliphatic heterocycles. The quantitative estimate of drug-likeness (QED) is 0.328. The molecule has 6 heteroatoms. The minimum Gasteiger partial charge on any atom is -0.472 e. The molecule has 4 rings (SSSR count). The van der Waals surface area contributed by atoms with E-state index in [9.17, 15) is 4.79 Å². The number of nitrogens with two attached hydrogens (primary N) is 1. The highest BCUT2D eigenvalue weighted by molar-refractivity contribution is 6.10. The van der Waals surface area contributed by atoms with Crippen LogP contribution in [-0.4, -0.2) is 17.1 Å². The smallest absolute Gasteiger partial charge is 0.255 e. The van der Waals surface area contributed by atoms with Gasteiger partial charge in [0.1, 0.15) is 0 Å². The standard InChI is InChI=1S/C21H16N4O2/c22-24-12-14-1-2-15-10-17(21(26)25-18-3-6-23-7-4-18)11-20(19(15)9-14)16-5-8-27-13-16/h1-13H,22H2,(H,23,25,26). The number of hydrazone groups is 1. The van der Waals surface area contributed by atoms with Gasteiger partial charge in [0.25, 0.3) is 5.91 Å². The number of hydrogen-bond acceptors (Lipinski definition) is 5. The molecule has 132 valence electrons. The zero-order chi connectivity index (χ0) is 18.6. The van der Waals surface area contributed by atoms with Crippen LogP contribution in [0.25, 0.3) is 21.9 Å². The molecule has 0 spiro atoms. The average Bonchev–Trinajstić information content (AvgIpc) is 3.23. The second-order valence-corrected chi connectivity index (χ2v) is 5.98. The van der Waals surface area contributed by atoms with E-state index in [1.165, 1.54) is 0 Å². The zero-order valence-corrected chi connectivity index (χ0v) is 14.3. The topological polar surface area (TPSA) is 93.5 Å². The maximum Gasteiger partial charge on any atom is 0.255 e. The van der Waals surface area contributed by atoms with Crippen LogP contribution in [0.15, 0.2) is 83.0 Å². The van der Waals surface area contributed by atoms with Crippen molar-refractivity contribution in [1.82, 2.24) is 4.98 Å². The van der Waals surface area contributed by atoms with E-state index in [1.54, 1.807) is 43.3 Å². The summed E-state index contributed by atoms with van der Waals surface area (Å²) >= 11 is 0. The van der Waals surface area contributed by atoms with Gasteiger partial charge in [-0.3, -0.25) is 9.78 Å². The second kappa shape index (κ2) is 7.13. The van der Waals surface area contributed by atoms with Crippen molar-refractivity contribution in [2.75, 3.05) is 5.32 Å². The van der Waals surface area contributed by atoms with Crippen molar-refractivity contribution >= 4 is 28.6 Å². The van der Waals surface area contributed by atoms with Crippen LogP contribution in [0.5, 0.6) is 0 Å². The van der Waals surface area contributed by atoms with E-state index in [-0.39, 0.29) is 5.91 Å². The first-order valence-electron chi connectivity index (χ1n) is 8.29. The monoisotopic (exact) mass is 356 g/mol. The molecule has 2 heterocycles. The Bertz CT molecular complexity index is 1120. The van der Waals surface area contributed by atoms with Gasteiger partial charge in [-0.25, -0.2) is 0 Å². The molecule has 0 fully saturated rings. The van der Waals surface area contributed by atoms with E-state index in [1.807, 2.05) is 36.4 Å². The first-order chi connectivity index (χ1) is 13.2. The molecule has 0 aliphatic carbocycles. The summed E-state index contributed by atoms with van der Waals surface area (Å²) in [5.74, 6) is 5.08. The lowest BCUT2D eigenvalue weighted by Gasteiger charge is -2.11. The fraction of sp³-hybridized carbons (Fsp3) is 0. The molecule has 27 heavy (non-hydrogen) atoms. The highest BCUT2D eigenvalue weighted by atomic mass is 16.3. The van der Waals surface area contributed by atoms with Crippen LogP contribution < -0.4 is 11.2 Å². The van der Waals surface area contributed by atoms with Gasteiger partial charge in [-0.2, -0.15) is 5.10 Å². The lowest BCUT2D eigenvalue weighted by molar-refractivity contribution is 0.102. The van der Waals surface area contributed by atoms with Crippen LogP contribution in [0.2, 0.25) is 0 Å². The van der Waals surface area contributed by atoms with Gasteiger partial charge < -0.3 is 15.6 Å². The predicted octanol–water partition coefficient (Wildman–Crippen LogP) is 4.04. The number of aromatic nitrogens is 1. The third-order valence-corrected chi connectivity index (χ3v) is 4.23. The van der Waals surface area contributed by atoms with Gasteiger partial charge in [0.2, 0.25) is 0 Å². The number of rotatable bonds is 4. The average molecular weight is 356 g/mol. The Morgan fingerprint density at radius 1 is 1.11 bits per heavy atom. The number of anilines is 1. The normalized spacial score (nSPS) is 11.1. The number of pyridine rings is 1. The van der Waals surface area contributed by atoms with Gasteiger partial charge in [-0.05, 0) is 58.3 Å². The molecule has 0 atom stereocenters. The van der Waals surface area contributed by atoms with Crippen LogP contribution in [0.3, 0.4) is 0 Å². The Labute approximate surface area is 155 Å². The number of fused-ring (bicyclic) bond motifs is 1. The largest absolute Gasteiger partial charge is 0.472 e. The highest BCUT2D eigenvalue weighted by Gasteiger charge is 2.13. The first kappa shape index (κ1) is 16.5. The summed E-state index contributed by atoms with van der Waals surface area (Å²) in [5, 5.41) is 8.39. The summed E-state index contributed by atoms with van der Waals surface area (Å²) < 4.78 is 5.24. The van der Waals surface area contributed by atoms with Crippen molar-refractivity contribution in [2.24, 2.45) is 10.9 Å². The Morgan fingerprint density at radius 3 is 2.70 bits per heavy atom. The maximum atomic E-state index is 12.8. The van der Waals surface area contributed by atoms with Crippen molar-refractivity contribution < 1.29 is 9.21 Å². The summed E-state index contributed by atoms with van der Waals surface area (Å²) in [7, 11) is 0. The molecule has 6 nitrogen and oxygen atoms in total.